The van der Waals surface area contributed by atoms with Crippen molar-refractivity contribution < 1.29 is 22.7 Å². The molecule has 136 valence electrons. The van der Waals surface area contributed by atoms with Crippen LogP contribution in [-0.2, 0) is 12.5 Å². The number of aromatic nitrogens is 2. The summed E-state index contributed by atoms with van der Waals surface area (Å²) in [6.45, 7) is -0.652. The number of allylic oxidation sites excluding steroid dienone is 1. The van der Waals surface area contributed by atoms with Crippen molar-refractivity contribution in [3.63, 3.8) is 0 Å². The van der Waals surface area contributed by atoms with Crippen molar-refractivity contribution >= 4 is 11.9 Å². The van der Waals surface area contributed by atoms with Crippen molar-refractivity contribution in [2.24, 2.45) is 0 Å². The van der Waals surface area contributed by atoms with Gasteiger partial charge in [-0.3, -0.25) is 9.48 Å². The summed E-state index contributed by atoms with van der Waals surface area (Å²) in [5, 5.41) is 4.07. The molecule has 1 aromatic carbocycles. The molecule has 0 atom stereocenters. The smallest absolute Gasteiger partial charge is 0.296 e. The molecule has 0 fully saturated rings. The quantitative estimate of drug-likeness (QED) is 0.709. The highest BCUT2D eigenvalue weighted by atomic mass is 19.3. The molecule has 1 aliphatic carbocycles. The van der Waals surface area contributed by atoms with E-state index in [2.05, 4.69) is 5.10 Å². The van der Waals surface area contributed by atoms with E-state index in [1.807, 2.05) is 0 Å². The first-order valence-electron chi connectivity index (χ1n) is 8.53. The number of nitrogens with zero attached hydrogens (tertiary/aromatic N) is 2. The molecule has 1 aliphatic heterocycles. The van der Waals surface area contributed by atoms with E-state index in [0.717, 1.165) is 49.0 Å². The van der Waals surface area contributed by atoms with Gasteiger partial charge in [-0.15, -0.1) is 0 Å². The maximum absolute atomic E-state index is 15.0. The fraction of sp³-hybridized carbons (Fsp3) is 0.368. The highest BCUT2D eigenvalue weighted by molar-refractivity contribution is 5.81. The first-order chi connectivity index (χ1) is 12.5. The van der Waals surface area contributed by atoms with Gasteiger partial charge in [0.15, 0.2) is 6.29 Å². The van der Waals surface area contributed by atoms with Gasteiger partial charge in [0.25, 0.3) is 5.92 Å². The first-order valence-corrected chi connectivity index (χ1v) is 8.53. The second-order valence-corrected chi connectivity index (χ2v) is 6.61. The van der Waals surface area contributed by atoms with Crippen LogP contribution >= 0.6 is 0 Å². The number of fused-ring (bicyclic) bond motifs is 3. The van der Waals surface area contributed by atoms with Crippen molar-refractivity contribution in [1.82, 2.24) is 9.78 Å². The van der Waals surface area contributed by atoms with Gasteiger partial charge in [-0.2, -0.15) is 13.9 Å². The molecule has 4 nitrogen and oxygen atoms in total. The van der Waals surface area contributed by atoms with E-state index < -0.39 is 29.4 Å². The molecular weight excluding hydrogens is 345 g/mol. The molecule has 2 aromatic rings. The van der Waals surface area contributed by atoms with E-state index >= 15 is 0 Å². The number of hydrogen-bond acceptors (Lipinski definition) is 3. The van der Waals surface area contributed by atoms with Gasteiger partial charge in [-0.1, -0.05) is 0 Å². The topological polar surface area (TPSA) is 44.1 Å². The van der Waals surface area contributed by atoms with E-state index in [1.165, 1.54) is 10.9 Å². The summed E-state index contributed by atoms with van der Waals surface area (Å²) >= 11 is 0. The number of rotatable bonds is 1. The minimum atomic E-state index is -3.37. The van der Waals surface area contributed by atoms with Crippen molar-refractivity contribution in [1.29, 1.82) is 0 Å². The van der Waals surface area contributed by atoms with Gasteiger partial charge in [0.1, 0.15) is 24.7 Å². The fourth-order valence-electron chi connectivity index (χ4n) is 3.71. The lowest BCUT2D eigenvalue weighted by molar-refractivity contribution is -0.0281. The lowest BCUT2D eigenvalue weighted by Crippen LogP contribution is -2.26. The molecule has 2 aliphatic rings. The Morgan fingerprint density at radius 2 is 2.00 bits per heavy atom. The molecule has 0 unspecified atom stereocenters. The van der Waals surface area contributed by atoms with Crippen molar-refractivity contribution in [3.8, 4) is 5.75 Å². The van der Waals surface area contributed by atoms with Crippen molar-refractivity contribution in [3.05, 3.63) is 52.6 Å². The maximum Gasteiger partial charge on any atom is 0.296 e. The summed E-state index contributed by atoms with van der Waals surface area (Å²) in [6, 6.07) is 3.60. The molecule has 1 aromatic heterocycles. The Kier molecular flexibility index (Phi) is 4.09. The summed E-state index contributed by atoms with van der Waals surface area (Å²) in [4.78, 5) is 11.3. The number of halogens is 3. The molecule has 0 bridgehead atoms. The Morgan fingerprint density at radius 1 is 1.19 bits per heavy atom. The van der Waals surface area contributed by atoms with Crippen LogP contribution in [0.25, 0.3) is 5.57 Å². The summed E-state index contributed by atoms with van der Waals surface area (Å²) in [5.74, 6) is -4.61. The average molecular weight is 362 g/mol. The highest BCUT2D eigenvalue weighted by Gasteiger charge is 2.39. The molecule has 0 saturated carbocycles. The average Bonchev–Trinajstić information content (AvgIpc) is 3.06. The minimum absolute atomic E-state index is 0.0495. The lowest BCUT2D eigenvalue weighted by atomic mass is 9.89. The van der Waals surface area contributed by atoms with Gasteiger partial charge in [0, 0.05) is 6.20 Å². The fourth-order valence-corrected chi connectivity index (χ4v) is 3.71. The van der Waals surface area contributed by atoms with Gasteiger partial charge >= 0.3 is 0 Å². The van der Waals surface area contributed by atoms with Gasteiger partial charge < -0.3 is 4.74 Å². The minimum Gasteiger partial charge on any atom is -0.488 e. The zero-order valence-corrected chi connectivity index (χ0v) is 14.0. The third-order valence-electron chi connectivity index (χ3n) is 5.00. The Hall–Kier alpha value is -2.57. The largest absolute Gasteiger partial charge is 0.488 e. The Labute approximate surface area is 148 Å². The second-order valence-electron chi connectivity index (χ2n) is 6.61. The molecule has 0 saturated heterocycles. The predicted octanol–water partition coefficient (Wildman–Crippen LogP) is 4.35. The van der Waals surface area contributed by atoms with Crippen LogP contribution < -0.4 is 4.74 Å². The van der Waals surface area contributed by atoms with Crippen LogP contribution in [0.1, 0.15) is 47.3 Å². The van der Waals surface area contributed by atoms with E-state index in [0.29, 0.717) is 5.69 Å². The van der Waals surface area contributed by atoms with E-state index in [4.69, 9.17) is 4.74 Å². The molecule has 0 spiro atoms. The monoisotopic (exact) mass is 362 g/mol. The Morgan fingerprint density at radius 3 is 2.81 bits per heavy atom. The molecule has 7 heteroatoms. The number of carbonyl (C=O) groups is 1. The lowest BCUT2D eigenvalue weighted by Gasteiger charge is -2.27. The third kappa shape index (κ3) is 2.71. The van der Waals surface area contributed by atoms with Crippen LogP contribution in [0, 0.1) is 5.82 Å². The number of hydrogen-bond donors (Lipinski definition) is 0. The van der Waals surface area contributed by atoms with Crippen molar-refractivity contribution in [2.75, 3.05) is 6.61 Å². The Balaban J connectivity index is 1.93. The van der Waals surface area contributed by atoms with Crippen LogP contribution in [0.3, 0.4) is 0 Å². The van der Waals surface area contributed by atoms with Crippen LogP contribution in [0.5, 0.6) is 5.75 Å². The van der Waals surface area contributed by atoms with Gasteiger partial charge in [0.2, 0.25) is 0 Å². The predicted molar refractivity (Wildman–Crippen MR) is 88.8 cm³/mol. The molecule has 0 N–H and O–H groups in total. The van der Waals surface area contributed by atoms with E-state index in [-0.39, 0.29) is 18.6 Å². The highest BCUT2D eigenvalue weighted by Crippen LogP contribution is 2.42. The molecule has 0 radical (unpaired) electrons. The number of benzene rings is 1. The number of aldehydes is 1. The van der Waals surface area contributed by atoms with Crippen molar-refractivity contribution in [2.45, 2.75) is 38.2 Å². The molecule has 26 heavy (non-hydrogen) atoms. The molecule has 2 heterocycles. The standard InChI is InChI=1S/C19H17F3N2O2/c20-16-6-5-15-18(14(16)9-25)26-10-12-3-1-2-4-13(12)17-7-8-23-24(17)11-19(15,21)22/h5-9H,1-4,10-11H2. The van der Waals surface area contributed by atoms with Crippen LogP contribution in [0.15, 0.2) is 30.0 Å². The Bertz CT molecular complexity index is 902. The summed E-state index contributed by atoms with van der Waals surface area (Å²) < 4.78 is 50.9. The number of alkyl halides is 2. The van der Waals surface area contributed by atoms with Crippen LogP contribution in [0.2, 0.25) is 0 Å². The second kappa shape index (κ2) is 6.30. The van der Waals surface area contributed by atoms with Gasteiger partial charge in [0.05, 0.1) is 16.8 Å². The van der Waals surface area contributed by atoms with Crippen LogP contribution in [-0.4, -0.2) is 22.7 Å². The first kappa shape index (κ1) is 16.9. The maximum atomic E-state index is 15.0. The summed E-state index contributed by atoms with van der Waals surface area (Å²) in [6.07, 6.45) is 5.20. The SMILES string of the molecule is O=Cc1c(F)ccc2c1OCC1=C(CCCC1)c1ccnn1CC2(F)F. The van der Waals surface area contributed by atoms with E-state index in [9.17, 15) is 18.0 Å². The van der Waals surface area contributed by atoms with Gasteiger partial charge in [-0.05, 0) is 55.0 Å². The van der Waals surface area contributed by atoms with E-state index in [1.54, 1.807) is 6.07 Å². The molecular formula is C19H17F3N2O2. The zero-order chi connectivity index (χ0) is 18.3. The number of carbonyl (C=O) groups excluding carboxylic acids is 1. The zero-order valence-electron chi connectivity index (χ0n) is 14.0. The molecule has 0 amide bonds. The van der Waals surface area contributed by atoms with Gasteiger partial charge in [-0.25, -0.2) is 4.39 Å². The summed E-state index contributed by atoms with van der Waals surface area (Å²) in [5.41, 5.74) is 1.64. The molecule has 4 rings (SSSR count). The third-order valence-corrected chi connectivity index (χ3v) is 5.00. The van der Waals surface area contributed by atoms with Crippen LogP contribution in [0.4, 0.5) is 13.2 Å². The normalized spacial score (nSPS) is 19.0. The number of ether oxygens (including phenoxy) is 1. The summed E-state index contributed by atoms with van der Waals surface area (Å²) in [7, 11) is 0.